The summed E-state index contributed by atoms with van der Waals surface area (Å²) in [4.78, 5) is 0. The molecule has 0 aliphatic carbocycles. The maximum atomic E-state index is 5.71. The molecular weight excluding hydrogens is 187 g/mol. The molecule has 9 heavy (non-hydrogen) atoms. The molecule has 0 unspecified atom stereocenters. The molecule has 0 aromatic heterocycles. The average molecular weight is 201 g/mol. The summed E-state index contributed by atoms with van der Waals surface area (Å²) < 4.78 is 0. The van der Waals surface area contributed by atoms with E-state index in [1.54, 1.807) is 0 Å². The molecule has 0 aromatic carbocycles. The molecule has 4 heteroatoms. The fraction of sp³-hybridized carbons (Fsp3) is 1.00. The highest BCUT2D eigenvalue weighted by Crippen LogP contribution is 2.16. The lowest BCUT2D eigenvalue weighted by molar-refractivity contribution is 1.34. The zero-order valence-corrected chi connectivity index (χ0v) is 9.91. The van der Waals surface area contributed by atoms with Crippen LogP contribution in [-0.4, -0.2) is 15.5 Å². The second kappa shape index (κ2) is 4.01. The Labute approximate surface area is 69.6 Å². The first kappa shape index (κ1) is 10.0. The van der Waals surface area contributed by atoms with Gasteiger partial charge < -0.3 is 0 Å². The van der Waals surface area contributed by atoms with Crippen molar-refractivity contribution in [1.29, 1.82) is 0 Å². The number of hydrogen-bond donors (Lipinski definition) is 0. The Hall–Kier alpha value is 1.01. The van der Waals surface area contributed by atoms with E-state index >= 15 is 0 Å². The number of halogens is 2. The lowest BCUT2D eigenvalue weighted by Gasteiger charge is -2.14. The lowest BCUT2D eigenvalue weighted by Crippen LogP contribution is -2.19. The maximum absolute atomic E-state index is 5.71. The quantitative estimate of drug-likeness (QED) is 0.486. The molecule has 0 aliphatic heterocycles. The summed E-state index contributed by atoms with van der Waals surface area (Å²) in [6.45, 7) is 7.03. The van der Waals surface area contributed by atoms with E-state index in [1.807, 2.05) is 0 Å². The summed E-state index contributed by atoms with van der Waals surface area (Å²) in [5.41, 5.74) is 0. The summed E-state index contributed by atoms with van der Waals surface area (Å²) in [5, 5.41) is 0. The van der Waals surface area contributed by atoms with Gasteiger partial charge in [0.1, 0.15) is 0 Å². The van der Waals surface area contributed by atoms with Crippen LogP contribution in [-0.2, 0) is 0 Å². The first-order valence-corrected chi connectivity index (χ1v) is 11.2. The van der Waals surface area contributed by atoms with Crippen LogP contribution in [0.5, 0.6) is 0 Å². The minimum Gasteiger partial charge on any atom is -0.150 e. The molecule has 0 fully saturated rings. The normalized spacial score (nSPS) is 12.7. The Bertz CT molecular complexity index is 77.5. The molecule has 0 atom stereocenters. The van der Waals surface area contributed by atoms with Crippen LogP contribution in [0.1, 0.15) is 0 Å². The van der Waals surface area contributed by atoms with E-state index in [0.29, 0.717) is 0 Å². The molecule has 0 amide bonds. The molecule has 0 bridgehead atoms. The largest absolute Gasteiger partial charge is 0.236 e. The predicted octanol–water partition coefficient (Wildman–Crippen LogP) is 3.02. The van der Waals surface area contributed by atoms with Crippen molar-refractivity contribution in [3.63, 3.8) is 0 Å². The second-order valence-corrected chi connectivity index (χ2v) is 14.3. The molecule has 0 nitrogen and oxygen atoms in total. The molecule has 0 aromatic rings. The van der Waals surface area contributed by atoms with Crippen molar-refractivity contribution in [1.82, 2.24) is 0 Å². The van der Waals surface area contributed by atoms with Crippen LogP contribution in [0.25, 0.3) is 0 Å². The number of hydrogen-bond acceptors (Lipinski definition) is 0. The van der Waals surface area contributed by atoms with Gasteiger partial charge in [-0.2, -0.15) is 22.2 Å². The summed E-state index contributed by atoms with van der Waals surface area (Å²) in [5.74, 6) is 0. The van der Waals surface area contributed by atoms with Crippen molar-refractivity contribution in [2.45, 2.75) is 31.7 Å². The van der Waals surface area contributed by atoms with Crippen LogP contribution in [0.3, 0.4) is 0 Å². The van der Waals surface area contributed by atoms with Gasteiger partial charge in [-0.25, -0.2) is 0 Å². The van der Waals surface area contributed by atoms with Crippen LogP contribution in [0.15, 0.2) is 0 Å². The van der Waals surface area contributed by atoms with Crippen LogP contribution >= 0.6 is 22.2 Å². The van der Waals surface area contributed by atoms with Crippen molar-refractivity contribution in [2.75, 3.05) is 0 Å². The Morgan fingerprint density at radius 1 is 1.22 bits per heavy atom. The van der Waals surface area contributed by atoms with E-state index in [9.17, 15) is 0 Å². The van der Waals surface area contributed by atoms with Crippen LogP contribution < -0.4 is 0 Å². The molecule has 0 heterocycles. The smallest absolute Gasteiger partial charge is 0.150 e. The maximum Gasteiger partial charge on any atom is 0.236 e. The van der Waals surface area contributed by atoms with Gasteiger partial charge in [-0.3, -0.25) is 0 Å². The topological polar surface area (TPSA) is 0 Å². The highest BCUT2D eigenvalue weighted by molar-refractivity contribution is 7.34. The Morgan fingerprint density at radius 3 is 1.78 bits per heavy atom. The lowest BCUT2D eigenvalue weighted by atomic mass is 10.9. The van der Waals surface area contributed by atoms with Crippen molar-refractivity contribution in [3.05, 3.63) is 0 Å². The molecule has 0 N–H and O–H groups in total. The van der Waals surface area contributed by atoms with Gasteiger partial charge in [0.05, 0.1) is 0 Å². The van der Waals surface area contributed by atoms with E-state index < -0.39 is 15.5 Å². The molecule has 0 aliphatic rings. The van der Waals surface area contributed by atoms with Crippen molar-refractivity contribution in [2.24, 2.45) is 0 Å². The highest BCUT2D eigenvalue weighted by atomic mass is 35.7. The minimum atomic E-state index is -1.29. The van der Waals surface area contributed by atoms with Crippen LogP contribution in [0.2, 0.25) is 31.7 Å². The summed E-state index contributed by atoms with van der Waals surface area (Å²) >= 11 is 11.4. The summed E-state index contributed by atoms with van der Waals surface area (Å²) in [6, 6.07) is 2.38. The van der Waals surface area contributed by atoms with E-state index in [0.717, 1.165) is 6.04 Å². The zero-order valence-electron chi connectivity index (χ0n) is 6.25. The molecule has 0 saturated carbocycles. The standard InChI is InChI=1S/C5H14Cl2Si2/c1-9(2,3)5-4-8(6)7/h8H,4-5H2,1-3H3. The van der Waals surface area contributed by atoms with Crippen LogP contribution in [0, 0.1) is 0 Å². The average Bonchev–Trinajstić information content (AvgIpc) is 1.59. The molecule has 0 rings (SSSR count). The Kier molecular flexibility index (Phi) is 4.46. The van der Waals surface area contributed by atoms with Gasteiger partial charge in [0.25, 0.3) is 0 Å². The molecule has 56 valence electrons. The van der Waals surface area contributed by atoms with E-state index in [1.165, 1.54) is 6.04 Å². The predicted molar refractivity (Wildman–Crippen MR) is 51.8 cm³/mol. The molecule has 0 saturated heterocycles. The van der Waals surface area contributed by atoms with Gasteiger partial charge in [0.15, 0.2) is 0 Å². The summed E-state index contributed by atoms with van der Waals surface area (Å²) in [7, 11) is -2.15. The monoisotopic (exact) mass is 200 g/mol. The van der Waals surface area contributed by atoms with E-state index in [-0.39, 0.29) is 0 Å². The van der Waals surface area contributed by atoms with Crippen molar-refractivity contribution < 1.29 is 0 Å². The van der Waals surface area contributed by atoms with Gasteiger partial charge in [0.2, 0.25) is 7.42 Å². The van der Waals surface area contributed by atoms with Gasteiger partial charge in [-0.1, -0.05) is 25.7 Å². The molecular formula is C5H14Cl2Si2. The molecule has 0 radical (unpaired) electrons. The van der Waals surface area contributed by atoms with Crippen molar-refractivity contribution >= 4 is 37.6 Å². The zero-order chi connectivity index (χ0) is 7.49. The van der Waals surface area contributed by atoms with E-state index in [4.69, 9.17) is 22.2 Å². The summed E-state index contributed by atoms with van der Waals surface area (Å²) in [6.07, 6.45) is 0. The second-order valence-electron chi connectivity index (χ2n) is 3.49. The first-order chi connectivity index (χ1) is 3.92. The Morgan fingerprint density at radius 2 is 1.67 bits per heavy atom. The van der Waals surface area contributed by atoms with Crippen molar-refractivity contribution in [3.8, 4) is 0 Å². The van der Waals surface area contributed by atoms with E-state index in [2.05, 4.69) is 19.6 Å². The minimum absolute atomic E-state index is 0.854. The van der Waals surface area contributed by atoms with Gasteiger partial charge >= 0.3 is 0 Å². The van der Waals surface area contributed by atoms with Gasteiger partial charge in [-0.15, -0.1) is 0 Å². The Balaban J connectivity index is 3.28. The van der Waals surface area contributed by atoms with Crippen LogP contribution in [0.4, 0.5) is 0 Å². The SMILES string of the molecule is C[Si](C)(C)CC[SiH](Cl)Cl. The fourth-order valence-corrected chi connectivity index (χ4v) is 6.84. The highest BCUT2D eigenvalue weighted by Gasteiger charge is 2.14. The third kappa shape index (κ3) is 9.01. The molecule has 0 spiro atoms. The van der Waals surface area contributed by atoms with Gasteiger partial charge in [0, 0.05) is 8.07 Å². The first-order valence-electron chi connectivity index (χ1n) is 3.20. The number of rotatable bonds is 3. The third-order valence-electron chi connectivity index (χ3n) is 1.11. The van der Waals surface area contributed by atoms with Gasteiger partial charge in [-0.05, 0) is 6.04 Å². The third-order valence-corrected chi connectivity index (χ3v) is 5.51. The fourth-order valence-electron chi connectivity index (χ4n) is 0.542.